The molecule has 1 aromatic carbocycles. The summed E-state index contributed by atoms with van der Waals surface area (Å²) in [5, 5.41) is 14.2. The first-order valence-corrected chi connectivity index (χ1v) is 6.42. The van der Waals surface area contributed by atoms with E-state index in [9.17, 15) is 9.59 Å². The van der Waals surface area contributed by atoms with Crippen LogP contribution in [0.15, 0.2) is 24.3 Å². The Morgan fingerprint density at radius 3 is 2.75 bits per heavy atom. The van der Waals surface area contributed by atoms with Gasteiger partial charge in [0, 0.05) is 18.8 Å². The van der Waals surface area contributed by atoms with Gasteiger partial charge in [0.25, 0.3) is 0 Å². The quantitative estimate of drug-likeness (QED) is 0.829. The van der Waals surface area contributed by atoms with Crippen LogP contribution in [0.1, 0.15) is 12.5 Å². The predicted molar refractivity (Wildman–Crippen MR) is 73.8 cm³/mol. The summed E-state index contributed by atoms with van der Waals surface area (Å²) in [6.45, 7) is 3.24. The topological polar surface area (TPSA) is 85.2 Å². The number of nitrogens with one attached hydrogen (secondary N) is 2. The van der Waals surface area contributed by atoms with Crippen LogP contribution >= 0.6 is 0 Å². The summed E-state index contributed by atoms with van der Waals surface area (Å²) >= 11 is 0. The van der Waals surface area contributed by atoms with Crippen LogP contribution < -0.4 is 10.6 Å². The molecule has 2 amide bonds. The second-order valence-corrected chi connectivity index (χ2v) is 4.67. The van der Waals surface area contributed by atoms with Gasteiger partial charge in [-0.05, 0) is 31.2 Å². The maximum Gasteiger partial charge on any atom is 0.241 e. The summed E-state index contributed by atoms with van der Waals surface area (Å²) in [6, 6.07) is 8.31. The molecule has 0 radical (unpaired) electrons. The number of benzene rings is 1. The minimum atomic E-state index is -0.378. The second kappa shape index (κ2) is 6.17. The van der Waals surface area contributed by atoms with Gasteiger partial charge in [-0.15, -0.1) is 0 Å². The third-order valence-corrected chi connectivity index (χ3v) is 3.28. The molecule has 0 saturated carbocycles. The summed E-state index contributed by atoms with van der Waals surface area (Å²) in [5.74, 6) is -0.223. The summed E-state index contributed by atoms with van der Waals surface area (Å²) in [6.07, 6.45) is 0. The fourth-order valence-corrected chi connectivity index (χ4v) is 2.03. The number of rotatable bonds is 3. The molecule has 104 valence electrons. The first kappa shape index (κ1) is 14.0. The molecule has 0 unspecified atom stereocenters. The molecule has 1 aromatic rings. The van der Waals surface area contributed by atoms with Gasteiger partial charge < -0.3 is 10.6 Å². The lowest BCUT2D eigenvalue weighted by Crippen LogP contribution is -2.53. The van der Waals surface area contributed by atoms with Crippen molar-refractivity contribution < 1.29 is 9.59 Å². The van der Waals surface area contributed by atoms with Crippen LogP contribution in [-0.2, 0) is 9.59 Å². The molecule has 1 aliphatic heterocycles. The molecule has 0 aliphatic carbocycles. The lowest BCUT2D eigenvalue weighted by molar-refractivity contribution is -0.127. The monoisotopic (exact) mass is 272 g/mol. The molecule has 1 aliphatic rings. The molecule has 2 N–H and O–H groups in total. The summed E-state index contributed by atoms with van der Waals surface area (Å²) < 4.78 is 0. The van der Waals surface area contributed by atoms with Crippen molar-refractivity contribution >= 4 is 17.5 Å². The molecule has 1 saturated heterocycles. The van der Waals surface area contributed by atoms with E-state index < -0.39 is 0 Å². The van der Waals surface area contributed by atoms with Crippen molar-refractivity contribution in [3.05, 3.63) is 29.8 Å². The lowest BCUT2D eigenvalue weighted by Gasteiger charge is -2.31. The molecule has 0 aromatic heterocycles. The second-order valence-electron chi connectivity index (χ2n) is 4.67. The van der Waals surface area contributed by atoms with Crippen LogP contribution in [-0.4, -0.2) is 42.4 Å². The van der Waals surface area contributed by atoms with Gasteiger partial charge in [0.1, 0.15) is 0 Å². The Balaban J connectivity index is 1.96. The van der Waals surface area contributed by atoms with Crippen molar-refractivity contribution in [1.29, 1.82) is 5.26 Å². The number of nitriles is 1. The zero-order valence-electron chi connectivity index (χ0n) is 11.2. The Labute approximate surface area is 117 Å². The number of amides is 2. The third kappa shape index (κ3) is 3.33. The Kier molecular flexibility index (Phi) is 4.33. The van der Waals surface area contributed by atoms with Crippen LogP contribution in [0.3, 0.4) is 0 Å². The number of hydrogen-bond donors (Lipinski definition) is 2. The SMILES string of the molecule is C[C@H](C(=O)Nc1ccc(C#N)cc1)N1CCNC(=O)C1. The molecule has 1 atom stereocenters. The fraction of sp³-hybridized carbons (Fsp3) is 0.357. The van der Waals surface area contributed by atoms with Crippen molar-refractivity contribution in [1.82, 2.24) is 10.2 Å². The molecular formula is C14H16N4O2. The van der Waals surface area contributed by atoms with Crippen LogP contribution in [0.25, 0.3) is 0 Å². The molecule has 6 nitrogen and oxygen atoms in total. The van der Waals surface area contributed by atoms with E-state index in [4.69, 9.17) is 5.26 Å². The minimum absolute atomic E-state index is 0.0609. The van der Waals surface area contributed by atoms with E-state index in [0.29, 0.717) is 24.3 Å². The molecule has 6 heteroatoms. The first-order valence-electron chi connectivity index (χ1n) is 6.42. The summed E-state index contributed by atoms with van der Waals surface area (Å²) in [5.41, 5.74) is 1.19. The van der Waals surface area contributed by atoms with Crippen LogP contribution in [0, 0.1) is 11.3 Å². The molecular weight excluding hydrogens is 256 g/mol. The number of carbonyl (C=O) groups is 2. The molecule has 0 spiro atoms. The van der Waals surface area contributed by atoms with Gasteiger partial charge in [0.15, 0.2) is 0 Å². The highest BCUT2D eigenvalue weighted by Gasteiger charge is 2.25. The van der Waals surface area contributed by atoms with E-state index in [-0.39, 0.29) is 24.4 Å². The van der Waals surface area contributed by atoms with Crippen molar-refractivity contribution in [2.75, 3.05) is 25.0 Å². The Hall–Kier alpha value is -2.39. The minimum Gasteiger partial charge on any atom is -0.354 e. The molecule has 2 rings (SSSR count). The molecule has 1 fully saturated rings. The molecule has 0 bridgehead atoms. The normalized spacial score (nSPS) is 16.9. The highest BCUT2D eigenvalue weighted by molar-refractivity contribution is 5.95. The number of carbonyl (C=O) groups excluding carboxylic acids is 2. The van der Waals surface area contributed by atoms with E-state index in [1.54, 1.807) is 31.2 Å². The van der Waals surface area contributed by atoms with Crippen LogP contribution in [0.5, 0.6) is 0 Å². The number of anilines is 1. The summed E-state index contributed by atoms with van der Waals surface area (Å²) in [4.78, 5) is 25.3. The third-order valence-electron chi connectivity index (χ3n) is 3.28. The Morgan fingerprint density at radius 2 is 2.15 bits per heavy atom. The van der Waals surface area contributed by atoms with Gasteiger partial charge in [-0.2, -0.15) is 5.26 Å². The van der Waals surface area contributed by atoms with Gasteiger partial charge in [0.05, 0.1) is 24.2 Å². The highest BCUT2D eigenvalue weighted by Crippen LogP contribution is 2.11. The predicted octanol–water partition coefficient (Wildman–Crippen LogP) is 0.317. The van der Waals surface area contributed by atoms with Crippen molar-refractivity contribution in [2.24, 2.45) is 0 Å². The van der Waals surface area contributed by atoms with E-state index in [2.05, 4.69) is 10.6 Å². The summed E-state index contributed by atoms with van der Waals surface area (Å²) in [7, 11) is 0. The maximum absolute atomic E-state index is 12.1. The number of hydrogen-bond acceptors (Lipinski definition) is 4. The smallest absolute Gasteiger partial charge is 0.241 e. The number of nitrogens with zero attached hydrogens (tertiary/aromatic N) is 2. The van der Waals surface area contributed by atoms with Gasteiger partial charge in [-0.25, -0.2) is 0 Å². The highest BCUT2D eigenvalue weighted by atomic mass is 16.2. The standard InChI is InChI=1S/C14H16N4O2/c1-10(18-7-6-16-13(19)9-18)14(20)17-12-4-2-11(8-15)3-5-12/h2-5,10H,6-7,9H2,1H3,(H,16,19)(H,17,20)/t10-/m1/s1. The molecule has 20 heavy (non-hydrogen) atoms. The van der Waals surface area contributed by atoms with E-state index in [1.807, 2.05) is 11.0 Å². The zero-order valence-corrected chi connectivity index (χ0v) is 11.2. The first-order chi connectivity index (χ1) is 9.60. The average molecular weight is 272 g/mol. The van der Waals surface area contributed by atoms with Gasteiger partial charge >= 0.3 is 0 Å². The Bertz CT molecular complexity index is 547. The van der Waals surface area contributed by atoms with Crippen molar-refractivity contribution in [2.45, 2.75) is 13.0 Å². The van der Waals surface area contributed by atoms with Crippen LogP contribution in [0.4, 0.5) is 5.69 Å². The van der Waals surface area contributed by atoms with Crippen LogP contribution in [0.2, 0.25) is 0 Å². The van der Waals surface area contributed by atoms with E-state index in [0.717, 1.165) is 0 Å². The molecule has 1 heterocycles. The van der Waals surface area contributed by atoms with E-state index >= 15 is 0 Å². The zero-order chi connectivity index (χ0) is 14.5. The van der Waals surface area contributed by atoms with Crippen molar-refractivity contribution in [3.63, 3.8) is 0 Å². The lowest BCUT2D eigenvalue weighted by atomic mass is 10.2. The van der Waals surface area contributed by atoms with Gasteiger partial charge in [0.2, 0.25) is 11.8 Å². The van der Waals surface area contributed by atoms with E-state index in [1.165, 1.54) is 0 Å². The largest absolute Gasteiger partial charge is 0.354 e. The fourth-order valence-electron chi connectivity index (χ4n) is 2.03. The number of piperazine rings is 1. The Morgan fingerprint density at radius 1 is 1.45 bits per heavy atom. The average Bonchev–Trinajstić information content (AvgIpc) is 2.47. The maximum atomic E-state index is 12.1. The van der Waals surface area contributed by atoms with Gasteiger partial charge in [-0.3, -0.25) is 14.5 Å². The van der Waals surface area contributed by atoms with Crippen molar-refractivity contribution in [3.8, 4) is 6.07 Å². The van der Waals surface area contributed by atoms with Gasteiger partial charge in [-0.1, -0.05) is 0 Å².